The number of anilines is 2. The lowest BCUT2D eigenvalue weighted by atomic mass is 10.1. The number of aromatic nitrogens is 5. The lowest BCUT2D eigenvalue weighted by molar-refractivity contribution is -0.0178. The highest BCUT2D eigenvalue weighted by Gasteiger charge is 2.32. The van der Waals surface area contributed by atoms with Gasteiger partial charge in [-0.2, -0.15) is 15.1 Å². The van der Waals surface area contributed by atoms with Gasteiger partial charge in [0.1, 0.15) is 16.6 Å². The molecule has 2 atom stereocenters. The summed E-state index contributed by atoms with van der Waals surface area (Å²) in [5, 5.41) is 14.9. The van der Waals surface area contributed by atoms with Gasteiger partial charge >= 0.3 is 0 Å². The minimum Gasteiger partial charge on any atom is -0.395 e. The van der Waals surface area contributed by atoms with E-state index in [1.807, 2.05) is 29.7 Å². The Morgan fingerprint density at radius 2 is 2.08 bits per heavy atom. The van der Waals surface area contributed by atoms with Gasteiger partial charge in [-0.05, 0) is 38.0 Å². The van der Waals surface area contributed by atoms with Gasteiger partial charge in [0.15, 0.2) is 10.8 Å². The van der Waals surface area contributed by atoms with Crippen molar-refractivity contribution in [3.8, 4) is 11.3 Å². The predicted octanol–water partition coefficient (Wildman–Crippen LogP) is 4.47. The monoisotopic (exact) mass is 543 g/mol. The molecule has 0 bridgehead atoms. The third kappa shape index (κ3) is 4.88. The minimum absolute atomic E-state index is 0.00753. The molecule has 2 fully saturated rings. The Labute approximate surface area is 222 Å². The molecule has 2 aliphatic rings. The molecule has 9 nitrogen and oxygen atoms in total. The maximum atomic E-state index is 15.1. The van der Waals surface area contributed by atoms with E-state index in [0.717, 1.165) is 18.4 Å². The van der Waals surface area contributed by atoms with Crippen LogP contribution in [0.25, 0.3) is 21.6 Å². The maximum absolute atomic E-state index is 15.1. The van der Waals surface area contributed by atoms with E-state index < -0.39 is 5.82 Å². The van der Waals surface area contributed by atoms with Crippen LogP contribution in [0.5, 0.6) is 0 Å². The molecule has 194 valence electrons. The van der Waals surface area contributed by atoms with Crippen LogP contribution in [0.1, 0.15) is 37.5 Å². The third-order valence-electron chi connectivity index (χ3n) is 6.64. The zero-order valence-electron chi connectivity index (χ0n) is 20.5. The standard InChI is InChI=1S/C25H27ClFN7O2S/c1-14-11-33(13-20(36-14)15-10-28-34(12-15)17-4-5-17)24-29-21(18-6-3-16(26)9-19(18)27)22-23(30-24)31-25(37-22)32(2)7-8-35/h3,6,9-10,12,14,17,20,35H,4-5,7-8,11,13H2,1-2H3/t14-,20+/m1/s1. The second-order valence-corrected chi connectivity index (χ2v) is 11.0. The van der Waals surface area contributed by atoms with Crippen LogP contribution in [0.15, 0.2) is 30.6 Å². The Kier molecular flexibility index (Phi) is 6.47. The highest BCUT2D eigenvalue weighted by atomic mass is 35.5. The molecule has 4 heterocycles. The van der Waals surface area contributed by atoms with Crippen molar-refractivity contribution in [1.82, 2.24) is 24.7 Å². The summed E-state index contributed by atoms with van der Waals surface area (Å²) in [7, 11) is 1.85. The summed E-state index contributed by atoms with van der Waals surface area (Å²) in [6, 6.07) is 5.07. The normalized spacial score (nSPS) is 20.1. The zero-order chi connectivity index (χ0) is 25.7. The summed E-state index contributed by atoms with van der Waals surface area (Å²) in [6.45, 7) is 3.56. The quantitative estimate of drug-likeness (QED) is 0.365. The van der Waals surface area contributed by atoms with E-state index in [9.17, 15) is 5.11 Å². The van der Waals surface area contributed by atoms with E-state index in [2.05, 4.69) is 16.2 Å². The maximum Gasteiger partial charge on any atom is 0.228 e. The number of fused-ring (bicyclic) bond motifs is 1. The van der Waals surface area contributed by atoms with Crippen molar-refractivity contribution in [3.05, 3.63) is 47.0 Å². The second-order valence-electron chi connectivity index (χ2n) is 9.62. The number of halogens is 2. The van der Waals surface area contributed by atoms with Gasteiger partial charge in [0, 0.05) is 42.5 Å². The molecule has 1 saturated carbocycles. The van der Waals surface area contributed by atoms with Crippen LogP contribution in [0, 0.1) is 5.82 Å². The summed E-state index contributed by atoms with van der Waals surface area (Å²) in [4.78, 5) is 18.3. The Hall–Kier alpha value is -2.86. The number of likely N-dealkylation sites (N-methyl/N-ethyl adjacent to an activating group) is 1. The van der Waals surface area contributed by atoms with E-state index >= 15 is 4.39 Å². The fourth-order valence-corrected chi connectivity index (χ4v) is 5.73. The van der Waals surface area contributed by atoms with E-state index in [0.29, 0.717) is 63.4 Å². The van der Waals surface area contributed by atoms with Crippen LogP contribution in [-0.2, 0) is 4.74 Å². The van der Waals surface area contributed by atoms with Crippen molar-refractivity contribution in [1.29, 1.82) is 0 Å². The van der Waals surface area contributed by atoms with Crippen LogP contribution in [0.3, 0.4) is 0 Å². The summed E-state index contributed by atoms with van der Waals surface area (Å²) in [5.41, 5.74) is 2.31. The number of aliphatic hydroxyl groups is 1. The van der Waals surface area contributed by atoms with Crippen molar-refractivity contribution >= 4 is 44.4 Å². The average Bonchev–Trinajstić information content (AvgIpc) is 3.43. The number of hydrogen-bond donors (Lipinski definition) is 1. The van der Waals surface area contributed by atoms with Crippen molar-refractivity contribution in [2.75, 3.05) is 43.1 Å². The fourth-order valence-electron chi connectivity index (χ4n) is 4.57. The summed E-state index contributed by atoms with van der Waals surface area (Å²) < 4.78 is 24.1. The Bertz CT molecular complexity index is 1440. The highest BCUT2D eigenvalue weighted by molar-refractivity contribution is 7.22. The SMILES string of the molecule is C[C@@H]1CN(c2nc(-c3ccc(Cl)cc3F)c3sc(N(C)CCO)nc3n2)C[C@@H](c2cnn(C3CC3)c2)O1. The van der Waals surface area contributed by atoms with E-state index in [-0.39, 0.29) is 18.8 Å². The zero-order valence-corrected chi connectivity index (χ0v) is 22.1. The number of morpholine rings is 1. The number of thiazole rings is 1. The molecule has 1 aromatic carbocycles. The smallest absolute Gasteiger partial charge is 0.228 e. The molecule has 0 spiro atoms. The van der Waals surface area contributed by atoms with Gasteiger partial charge in [0.25, 0.3) is 0 Å². The number of hydrogen-bond acceptors (Lipinski definition) is 9. The average molecular weight is 544 g/mol. The van der Waals surface area contributed by atoms with Gasteiger partial charge in [0.2, 0.25) is 5.95 Å². The molecular weight excluding hydrogens is 517 g/mol. The van der Waals surface area contributed by atoms with Gasteiger partial charge in [-0.3, -0.25) is 4.68 Å². The van der Waals surface area contributed by atoms with Gasteiger partial charge in [-0.25, -0.2) is 9.37 Å². The second kappa shape index (κ2) is 9.79. The summed E-state index contributed by atoms with van der Waals surface area (Å²) in [6.07, 6.45) is 6.02. The lowest BCUT2D eigenvalue weighted by Gasteiger charge is -2.36. The predicted molar refractivity (Wildman–Crippen MR) is 142 cm³/mol. The molecule has 0 radical (unpaired) electrons. The van der Waals surface area contributed by atoms with Crippen LogP contribution >= 0.6 is 22.9 Å². The van der Waals surface area contributed by atoms with Gasteiger partial charge in [-0.15, -0.1) is 0 Å². The van der Waals surface area contributed by atoms with Gasteiger partial charge < -0.3 is 19.6 Å². The topological polar surface area (TPSA) is 92.4 Å². The Morgan fingerprint density at radius 1 is 1.24 bits per heavy atom. The van der Waals surface area contributed by atoms with E-state index in [1.54, 1.807) is 12.1 Å². The molecule has 1 aliphatic carbocycles. The van der Waals surface area contributed by atoms with Crippen LogP contribution in [-0.4, -0.2) is 69.2 Å². The Balaban J connectivity index is 1.41. The molecule has 1 aliphatic heterocycles. The third-order valence-corrected chi connectivity index (χ3v) is 8.04. The molecule has 12 heteroatoms. The van der Waals surface area contributed by atoms with Crippen molar-refractivity contribution < 1.29 is 14.2 Å². The number of ether oxygens (including phenoxy) is 1. The first-order chi connectivity index (χ1) is 17.9. The molecule has 1 N–H and O–H groups in total. The van der Waals surface area contributed by atoms with Gasteiger partial charge in [-0.1, -0.05) is 22.9 Å². The molecular formula is C25H27ClFN7O2S. The number of nitrogens with zero attached hydrogens (tertiary/aromatic N) is 7. The summed E-state index contributed by atoms with van der Waals surface area (Å²) in [5.74, 6) is 0.00562. The molecule has 3 aromatic heterocycles. The van der Waals surface area contributed by atoms with Crippen molar-refractivity contribution in [3.63, 3.8) is 0 Å². The van der Waals surface area contributed by atoms with E-state index in [1.165, 1.54) is 17.4 Å². The van der Waals surface area contributed by atoms with Gasteiger partial charge in [0.05, 0.1) is 37.2 Å². The molecule has 6 rings (SSSR count). The largest absolute Gasteiger partial charge is 0.395 e. The first kappa shape index (κ1) is 24.5. The summed E-state index contributed by atoms with van der Waals surface area (Å²) >= 11 is 7.40. The minimum atomic E-state index is -0.460. The first-order valence-corrected chi connectivity index (χ1v) is 13.5. The molecule has 0 unspecified atom stereocenters. The fraction of sp³-hybridized carbons (Fsp3) is 0.440. The number of benzene rings is 1. The highest BCUT2D eigenvalue weighted by Crippen LogP contribution is 2.39. The van der Waals surface area contributed by atoms with E-state index in [4.69, 9.17) is 31.3 Å². The molecule has 4 aromatic rings. The number of aliphatic hydroxyl groups excluding tert-OH is 1. The molecule has 0 amide bonds. The lowest BCUT2D eigenvalue weighted by Crippen LogP contribution is -2.43. The Morgan fingerprint density at radius 3 is 2.84 bits per heavy atom. The first-order valence-electron chi connectivity index (χ1n) is 12.3. The van der Waals surface area contributed by atoms with Crippen molar-refractivity contribution in [2.24, 2.45) is 0 Å². The molecule has 1 saturated heterocycles. The van der Waals surface area contributed by atoms with Crippen LogP contribution < -0.4 is 9.80 Å². The number of rotatable bonds is 7. The van der Waals surface area contributed by atoms with Crippen LogP contribution in [0.4, 0.5) is 15.5 Å². The van der Waals surface area contributed by atoms with Crippen molar-refractivity contribution in [2.45, 2.75) is 38.0 Å². The molecule has 37 heavy (non-hydrogen) atoms. The van der Waals surface area contributed by atoms with Crippen LogP contribution in [0.2, 0.25) is 5.02 Å².